The normalized spacial score (nSPS) is 11.3. The van der Waals surface area contributed by atoms with Crippen molar-refractivity contribution < 1.29 is 9.59 Å². The summed E-state index contributed by atoms with van der Waals surface area (Å²) in [4.78, 5) is 24.9. The molecule has 0 aliphatic rings. The van der Waals surface area contributed by atoms with Gasteiger partial charge in [-0.25, -0.2) is 0 Å². The van der Waals surface area contributed by atoms with Gasteiger partial charge < -0.3 is 16.0 Å². The minimum Gasteiger partial charge on any atom is -0.370 e. The molecule has 1 aromatic carbocycles. The zero-order chi connectivity index (χ0) is 14.3. The van der Waals surface area contributed by atoms with E-state index in [0.717, 1.165) is 5.69 Å². The Labute approximate surface area is 125 Å². The summed E-state index contributed by atoms with van der Waals surface area (Å²) in [6.07, 6.45) is 0.160. The number of amides is 2. The largest absolute Gasteiger partial charge is 0.370 e. The van der Waals surface area contributed by atoms with Crippen molar-refractivity contribution in [3.63, 3.8) is 0 Å². The topological polar surface area (TPSA) is 75.4 Å². The lowest BCUT2D eigenvalue weighted by molar-refractivity contribution is -0.122. The van der Waals surface area contributed by atoms with Gasteiger partial charge in [0.2, 0.25) is 11.8 Å². The van der Waals surface area contributed by atoms with Crippen molar-refractivity contribution in [1.29, 1.82) is 0 Å². The van der Waals surface area contributed by atoms with Crippen LogP contribution in [0.5, 0.6) is 0 Å². The molecule has 20 heavy (non-hydrogen) atoms. The Morgan fingerprint density at radius 3 is 2.40 bits per heavy atom. The molecule has 1 atom stereocenters. The van der Waals surface area contributed by atoms with Crippen LogP contribution < -0.4 is 16.0 Å². The smallest absolute Gasteiger partial charge is 0.231 e. The van der Waals surface area contributed by atoms with Gasteiger partial charge in [0.05, 0.1) is 0 Å². The molecule has 0 saturated heterocycles. The molecule has 0 aliphatic heterocycles. The molecule has 3 N–H and O–H groups in total. The van der Waals surface area contributed by atoms with Crippen LogP contribution >= 0.6 is 12.4 Å². The number of rotatable bonds is 7. The first kappa shape index (κ1) is 18.4. The zero-order valence-electron chi connectivity index (χ0n) is 11.8. The number of nitrogens with zero attached hydrogens (tertiary/aromatic N) is 1. The average molecular weight is 300 g/mol. The van der Waals surface area contributed by atoms with Crippen molar-refractivity contribution >= 4 is 29.9 Å². The average Bonchev–Trinajstić information content (AvgIpc) is 2.40. The number of anilines is 1. The van der Waals surface area contributed by atoms with E-state index in [0.29, 0.717) is 13.1 Å². The Kier molecular flexibility index (Phi) is 8.59. The van der Waals surface area contributed by atoms with Gasteiger partial charge in [-0.3, -0.25) is 9.59 Å². The molecule has 0 aromatic heterocycles. The molecule has 0 fully saturated rings. The molecule has 1 rings (SSSR count). The van der Waals surface area contributed by atoms with Crippen LogP contribution in [0, 0.1) is 5.92 Å². The number of carbonyl (C=O) groups excluding carboxylic acids is 2. The molecular formula is C14H22ClN3O2. The molecule has 0 heterocycles. The number of hydrogen-bond donors (Lipinski definition) is 2. The Morgan fingerprint density at radius 2 is 1.90 bits per heavy atom. The summed E-state index contributed by atoms with van der Waals surface area (Å²) in [6.45, 7) is 2.77. The van der Waals surface area contributed by atoms with Crippen LogP contribution in [-0.2, 0) is 9.59 Å². The monoisotopic (exact) mass is 299 g/mol. The lowest BCUT2D eigenvalue weighted by atomic mass is 10.1. The molecule has 0 aliphatic carbocycles. The van der Waals surface area contributed by atoms with Gasteiger partial charge in [-0.05, 0) is 19.2 Å². The first-order valence-electron chi connectivity index (χ1n) is 6.35. The molecule has 0 radical (unpaired) electrons. The van der Waals surface area contributed by atoms with Crippen molar-refractivity contribution in [3.8, 4) is 0 Å². The summed E-state index contributed by atoms with van der Waals surface area (Å²) < 4.78 is 0. The minimum atomic E-state index is -0.407. The number of nitrogens with two attached hydrogens (primary N) is 1. The van der Waals surface area contributed by atoms with Crippen molar-refractivity contribution in [2.75, 3.05) is 25.0 Å². The number of hydrogen-bond acceptors (Lipinski definition) is 3. The van der Waals surface area contributed by atoms with Crippen LogP contribution in [0.1, 0.15) is 13.3 Å². The number of primary amides is 1. The summed E-state index contributed by atoms with van der Waals surface area (Å²) >= 11 is 0. The first-order chi connectivity index (χ1) is 9.06. The first-order valence-corrected chi connectivity index (χ1v) is 6.35. The molecule has 5 nitrogen and oxygen atoms in total. The van der Waals surface area contributed by atoms with E-state index in [9.17, 15) is 9.59 Å². The predicted octanol–water partition coefficient (Wildman–Crippen LogP) is 1.17. The third-order valence-electron chi connectivity index (χ3n) is 2.85. The molecule has 112 valence electrons. The van der Waals surface area contributed by atoms with Crippen molar-refractivity contribution in [1.82, 2.24) is 5.32 Å². The van der Waals surface area contributed by atoms with E-state index in [1.54, 1.807) is 11.9 Å². The van der Waals surface area contributed by atoms with Crippen molar-refractivity contribution in [3.05, 3.63) is 30.3 Å². The fraction of sp³-hybridized carbons (Fsp3) is 0.429. The second kappa shape index (κ2) is 9.34. The fourth-order valence-corrected chi connectivity index (χ4v) is 1.86. The molecule has 6 heteroatoms. The van der Waals surface area contributed by atoms with E-state index in [1.807, 2.05) is 37.3 Å². The van der Waals surface area contributed by atoms with Gasteiger partial charge in [-0.15, -0.1) is 12.4 Å². The molecule has 0 bridgehead atoms. The molecule has 1 unspecified atom stereocenters. The molecule has 1 aromatic rings. The Morgan fingerprint density at radius 1 is 1.30 bits per heavy atom. The van der Waals surface area contributed by atoms with E-state index in [4.69, 9.17) is 5.73 Å². The van der Waals surface area contributed by atoms with Crippen molar-refractivity contribution in [2.45, 2.75) is 13.3 Å². The Balaban J connectivity index is 0.00000361. The van der Waals surface area contributed by atoms with Gasteiger partial charge in [-0.2, -0.15) is 0 Å². The van der Waals surface area contributed by atoms with Crippen molar-refractivity contribution in [2.24, 2.45) is 11.7 Å². The van der Waals surface area contributed by atoms with Gasteiger partial charge in [0.15, 0.2) is 0 Å². The van der Waals surface area contributed by atoms with E-state index in [-0.39, 0.29) is 30.7 Å². The van der Waals surface area contributed by atoms with E-state index in [2.05, 4.69) is 5.32 Å². The molecule has 0 spiro atoms. The highest BCUT2D eigenvalue weighted by Crippen LogP contribution is 2.16. The summed E-state index contributed by atoms with van der Waals surface area (Å²) in [7, 11) is 1.81. The second-order valence-electron chi connectivity index (χ2n) is 4.50. The molecule has 2 amide bonds. The third-order valence-corrected chi connectivity index (χ3v) is 2.85. The third kappa shape index (κ3) is 5.59. The Hall–Kier alpha value is -1.59. The van der Waals surface area contributed by atoms with Gasteiger partial charge in [0.25, 0.3) is 0 Å². The highest BCUT2D eigenvalue weighted by atomic mass is 35.5. The van der Waals surface area contributed by atoms with Gasteiger partial charge in [-0.1, -0.05) is 25.1 Å². The second-order valence-corrected chi connectivity index (χ2v) is 4.50. The lowest BCUT2D eigenvalue weighted by Gasteiger charge is -2.25. The summed E-state index contributed by atoms with van der Waals surface area (Å²) in [5.41, 5.74) is 5.95. The number of benzene rings is 1. The molecular weight excluding hydrogens is 278 g/mol. The number of para-hydroxylation sites is 1. The number of carbonyl (C=O) groups is 2. The van der Waals surface area contributed by atoms with Gasteiger partial charge in [0.1, 0.15) is 0 Å². The maximum Gasteiger partial charge on any atom is 0.231 e. The van der Waals surface area contributed by atoms with Crippen LogP contribution in [0.4, 0.5) is 5.69 Å². The summed E-state index contributed by atoms with van der Waals surface area (Å²) in [5.74, 6) is -0.574. The zero-order valence-corrected chi connectivity index (χ0v) is 12.7. The van der Waals surface area contributed by atoms with E-state index < -0.39 is 5.91 Å². The maximum absolute atomic E-state index is 12.4. The standard InChI is InChI=1S/C14H21N3O2.ClH/c1-11(10-16-2)14(19)17(9-8-13(15)18)12-6-4-3-5-7-12;/h3-7,11,16H,8-10H2,1-2H3,(H2,15,18);1H. The van der Waals surface area contributed by atoms with Crippen LogP contribution in [0.25, 0.3) is 0 Å². The van der Waals surface area contributed by atoms with Gasteiger partial charge >= 0.3 is 0 Å². The highest BCUT2D eigenvalue weighted by molar-refractivity contribution is 5.95. The quantitative estimate of drug-likeness (QED) is 0.793. The SMILES string of the molecule is CNCC(C)C(=O)N(CCC(N)=O)c1ccccc1.Cl. The van der Waals surface area contributed by atoms with Crippen LogP contribution in [0.2, 0.25) is 0 Å². The number of halogens is 1. The van der Waals surface area contributed by atoms with E-state index in [1.165, 1.54) is 0 Å². The highest BCUT2D eigenvalue weighted by Gasteiger charge is 2.21. The summed E-state index contributed by atoms with van der Waals surface area (Å²) in [5, 5.41) is 2.98. The maximum atomic E-state index is 12.4. The number of nitrogens with one attached hydrogen (secondary N) is 1. The lowest BCUT2D eigenvalue weighted by Crippen LogP contribution is -2.40. The predicted molar refractivity (Wildman–Crippen MR) is 82.9 cm³/mol. The van der Waals surface area contributed by atoms with Crippen LogP contribution in [0.15, 0.2) is 30.3 Å². The summed E-state index contributed by atoms with van der Waals surface area (Å²) in [6, 6.07) is 9.32. The fourth-order valence-electron chi connectivity index (χ4n) is 1.86. The minimum absolute atomic E-state index is 0. The van der Waals surface area contributed by atoms with E-state index >= 15 is 0 Å². The Bertz CT molecular complexity index is 426. The van der Waals surface area contributed by atoms with Crippen LogP contribution in [-0.4, -0.2) is 32.0 Å². The van der Waals surface area contributed by atoms with Crippen LogP contribution in [0.3, 0.4) is 0 Å². The van der Waals surface area contributed by atoms with Gasteiger partial charge in [0, 0.05) is 31.1 Å². The molecule has 0 saturated carbocycles.